The molecule has 1 rings (SSSR count). The molecule has 0 aromatic carbocycles. The van der Waals surface area contributed by atoms with Gasteiger partial charge in [0.05, 0.1) is 17.8 Å². The van der Waals surface area contributed by atoms with Gasteiger partial charge in [-0.15, -0.1) is 0 Å². The number of nitrogens with two attached hydrogens (primary N) is 1. The maximum atomic E-state index is 6.13. The van der Waals surface area contributed by atoms with Crippen LogP contribution in [0, 0.1) is 5.92 Å². The highest BCUT2D eigenvalue weighted by molar-refractivity contribution is 9.10. The van der Waals surface area contributed by atoms with Crippen LogP contribution in [-0.4, -0.2) is 29.7 Å². The van der Waals surface area contributed by atoms with Crippen molar-refractivity contribution in [2.45, 2.75) is 32.7 Å². The molecule has 0 spiro atoms. The number of nitrogens with one attached hydrogen (secondary N) is 1. The lowest BCUT2D eigenvalue weighted by atomic mass is 9.95. The first kappa shape index (κ1) is 15.2. The van der Waals surface area contributed by atoms with Crippen LogP contribution < -0.4 is 15.8 Å². The largest absolute Gasteiger partial charge is 0.480 e. The number of hydrogen-bond donors (Lipinski definition) is 2. The summed E-state index contributed by atoms with van der Waals surface area (Å²) in [5, 5.41) is 3.15. The van der Waals surface area contributed by atoms with Gasteiger partial charge < -0.3 is 15.8 Å². The molecule has 102 valence electrons. The summed E-state index contributed by atoms with van der Waals surface area (Å²) in [5.74, 6) is 1.58. The highest BCUT2D eigenvalue weighted by atomic mass is 79.9. The normalized spacial score (nSPS) is 12.6. The van der Waals surface area contributed by atoms with Gasteiger partial charge in [0.25, 0.3) is 0 Å². The Hall–Kier alpha value is -0.880. The molecule has 3 N–H and O–H groups in total. The van der Waals surface area contributed by atoms with Crippen molar-refractivity contribution >= 4 is 21.9 Å². The van der Waals surface area contributed by atoms with E-state index in [0.29, 0.717) is 24.3 Å². The number of methoxy groups -OCH3 is 1. The van der Waals surface area contributed by atoms with E-state index in [4.69, 9.17) is 10.5 Å². The van der Waals surface area contributed by atoms with E-state index in [9.17, 15) is 0 Å². The van der Waals surface area contributed by atoms with Gasteiger partial charge in [0.15, 0.2) is 0 Å². The maximum Gasteiger partial charge on any atom is 0.232 e. The lowest BCUT2D eigenvalue weighted by Crippen LogP contribution is -2.36. The van der Waals surface area contributed by atoms with E-state index in [0.717, 1.165) is 17.3 Å². The molecule has 1 aromatic rings. The lowest BCUT2D eigenvalue weighted by molar-refractivity contribution is 0.393. The highest BCUT2D eigenvalue weighted by Gasteiger charge is 2.14. The van der Waals surface area contributed by atoms with Gasteiger partial charge in [-0.3, -0.25) is 0 Å². The third-order valence-electron chi connectivity index (χ3n) is 3.06. The number of ether oxygens (including phenoxy) is 1. The number of anilines is 1. The molecule has 0 aliphatic heterocycles. The minimum absolute atomic E-state index is 0.109. The van der Waals surface area contributed by atoms with E-state index in [-0.39, 0.29) is 6.04 Å². The molecular weight excluding hydrogens is 296 g/mol. The predicted molar refractivity (Wildman–Crippen MR) is 76.8 cm³/mol. The molecular formula is C12H21BrN4O. The van der Waals surface area contributed by atoms with Crippen LogP contribution in [0.2, 0.25) is 0 Å². The fourth-order valence-electron chi connectivity index (χ4n) is 1.85. The standard InChI is InChI=1S/C12H21BrN4O/c1-4-8(5-2)10(14)7-16-12-15-6-9(13)11(17-12)18-3/h6,8,10H,4-5,7,14H2,1-3H3,(H,15,16,17). The lowest BCUT2D eigenvalue weighted by Gasteiger charge is -2.21. The van der Waals surface area contributed by atoms with Crippen molar-refractivity contribution in [3.63, 3.8) is 0 Å². The first-order valence-corrected chi connectivity index (χ1v) is 6.97. The van der Waals surface area contributed by atoms with Crippen molar-refractivity contribution in [2.75, 3.05) is 19.0 Å². The van der Waals surface area contributed by atoms with E-state index < -0.39 is 0 Å². The fraction of sp³-hybridized carbons (Fsp3) is 0.667. The van der Waals surface area contributed by atoms with Gasteiger partial charge in [0, 0.05) is 12.6 Å². The van der Waals surface area contributed by atoms with Crippen molar-refractivity contribution in [1.29, 1.82) is 0 Å². The molecule has 0 amide bonds. The minimum atomic E-state index is 0.109. The zero-order valence-electron chi connectivity index (χ0n) is 11.1. The third kappa shape index (κ3) is 4.10. The van der Waals surface area contributed by atoms with E-state index in [1.54, 1.807) is 13.3 Å². The Morgan fingerprint density at radius 2 is 2.11 bits per heavy atom. The summed E-state index contributed by atoms with van der Waals surface area (Å²) < 4.78 is 5.85. The zero-order chi connectivity index (χ0) is 13.5. The molecule has 0 fully saturated rings. The van der Waals surface area contributed by atoms with E-state index >= 15 is 0 Å². The average molecular weight is 317 g/mol. The SMILES string of the molecule is CCC(CC)C(N)CNc1ncc(Br)c(OC)n1. The van der Waals surface area contributed by atoms with Crippen LogP contribution in [0.15, 0.2) is 10.7 Å². The second-order valence-electron chi connectivity index (χ2n) is 4.17. The fourth-order valence-corrected chi connectivity index (χ4v) is 2.20. The first-order chi connectivity index (χ1) is 8.62. The van der Waals surface area contributed by atoms with Gasteiger partial charge in [0.1, 0.15) is 0 Å². The summed E-state index contributed by atoms with van der Waals surface area (Å²) in [6.45, 7) is 4.98. The molecule has 5 nitrogen and oxygen atoms in total. The molecule has 0 bridgehead atoms. The summed E-state index contributed by atoms with van der Waals surface area (Å²) >= 11 is 3.31. The Bertz CT molecular complexity index is 371. The van der Waals surface area contributed by atoms with Crippen LogP contribution in [0.5, 0.6) is 5.88 Å². The topological polar surface area (TPSA) is 73.1 Å². The third-order valence-corrected chi connectivity index (χ3v) is 3.60. The highest BCUT2D eigenvalue weighted by Crippen LogP contribution is 2.21. The van der Waals surface area contributed by atoms with Crippen molar-refractivity contribution in [3.8, 4) is 5.88 Å². The summed E-state index contributed by atoms with van der Waals surface area (Å²) in [6, 6.07) is 0.109. The average Bonchev–Trinajstić information content (AvgIpc) is 2.39. The summed E-state index contributed by atoms with van der Waals surface area (Å²) in [6.07, 6.45) is 3.84. The van der Waals surface area contributed by atoms with Gasteiger partial charge in [-0.2, -0.15) is 4.98 Å². The van der Waals surface area contributed by atoms with Crippen LogP contribution >= 0.6 is 15.9 Å². The van der Waals surface area contributed by atoms with Crippen LogP contribution in [0.1, 0.15) is 26.7 Å². The van der Waals surface area contributed by atoms with E-state index in [1.165, 1.54) is 0 Å². The van der Waals surface area contributed by atoms with Gasteiger partial charge in [-0.1, -0.05) is 26.7 Å². The van der Waals surface area contributed by atoms with Crippen molar-refractivity contribution in [1.82, 2.24) is 9.97 Å². The Labute approximate surface area is 117 Å². The monoisotopic (exact) mass is 316 g/mol. The van der Waals surface area contributed by atoms with Crippen LogP contribution in [0.4, 0.5) is 5.95 Å². The number of rotatable bonds is 7. The Balaban J connectivity index is 2.58. The second-order valence-corrected chi connectivity index (χ2v) is 5.03. The molecule has 1 aromatic heterocycles. The molecule has 1 unspecified atom stereocenters. The molecule has 0 radical (unpaired) electrons. The minimum Gasteiger partial charge on any atom is -0.480 e. The summed E-state index contributed by atoms with van der Waals surface area (Å²) in [7, 11) is 1.58. The second kappa shape index (κ2) is 7.53. The maximum absolute atomic E-state index is 6.13. The Morgan fingerprint density at radius 1 is 1.44 bits per heavy atom. The molecule has 18 heavy (non-hydrogen) atoms. The smallest absolute Gasteiger partial charge is 0.232 e. The van der Waals surface area contributed by atoms with Crippen LogP contribution in [-0.2, 0) is 0 Å². The van der Waals surface area contributed by atoms with Gasteiger partial charge in [-0.25, -0.2) is 4.98 Å². The summed E-state index contributed by atoms with van der Waals surface area (Å²) in [4.78, 5) is 8.39. The van der Waals surface area contributed by atoms with Gasteiger partial charge in [0.2, 0.25) is 11.8 Å². The van der Waals surface area contributed by atoms with Gasteiger partial charge in [-0.05, 0) is 21.8 Å². The van der Waals surface area contributed by atoms with Crippen molar-refractivity contribution in [3.05, 3.63) is 10.7 Å². The molecule has 0 aliphatic carbocycles. The predicted octanol–water partition coefficient (Wildman–Crippen LogP) is 2.42. The summed E-state index contributed by atoms with van der Waals surface area (Å²) in [5.41, 5.74) is 6.13. The molecule has 0 aliphatic rings. The Kier molecular flexibility index (Phi) is 6.35. The van der Waals surface area contributed by atoms with Crippen LogP contribution in [0.25, 0.3) is 0 Å². The molecule has 1 heterocycles. The molecule has 0 saturated carbocycles. The number of hydrogen-bond acceptors (Lipinski definition) is 5. The Morgan fingerprint density at radius 3 is 2.67 bits per heavy atom. The molecule has 6 heteroatoms. The van der Waals surface area contributed by atoms with Gasteiger partial charge >= 0.3 is 0 Å². The van der Waals surface area contributed by atoms with Crippen molar-refractivity contribution in [2.24, 2.45) is 11.7 Å². The number of aromatic nitrogens is 2. The number of nitrogens with zero attached hydrogens (tertiary/aromatic N) is 2. The molecule has 1 atom stereocenters. The van der Waals surface area contributed by atoms with E-state index in [1.807, 2.05) is 0 Å². The van der Waals surface area contributed by atoms with E-state index in [2.05, 4.69) is 45.1 Å². The van der Waals surface area contributed by atoms with Crippen molar-refractivity contribution < 1.29 is 4.74 Å². The number of halogens is 1. The van der Waals surface area contributed by atoms with Crippen LogP contribution in [0.3, 0.4) is 0 Å². The zero-order valence-corrected chi connectivity index (χ0v) is 12.7. The molecule has 0 saturated heterocycles. The first-order valence-electron chi connectivity index (χ1n) is 6.18. The quantitative estimate of drug-likeness (QED) is 0.808.